The number of benzene rings is 1. The number of ether oxygens (including phenoxy) is 4. The maximum atomic E-state index is 14.5. The second-order valence-electron chi connectivity index (χ2n) is 21.4. The van der Waals surface area contributed by atoms with Crippen LogP contribution in [-0.4, -0.2) is 169 Å². The van der Waals surface area contributed by atoms with Gasteiger partial charge in [0, 0.05) is 83.1 Å². The van der Waals surface area contributed by atoms with Crippen LogP contribution in [0.2, 0.25) is 5.02 Å². The lowest BCUT2D eigenvalue weighted by Crippen LogP contribution is -2.60. The number of unbranched alkanes of at least 4 members (excludes halogenated alkanes) is 1. The number of epoxide rings is 1. The van der Waals surface area contributed by atoms with Gasteiger partial charge in [-0.3, -0.25) is 43.8 Å². The van der Waals surface area contributed by atoms with Gasteiger partial charge in [-0.25, -0.2) is 9.59 Å². The molecule has 4 heterocycles. The first kappa shape index (κ1) is 64.1. The summed E-state index contributed by atoms with van der Waals surface area (Å²) in [6, 6.07) is 1.29. The molecule has 4 bridgehead atoms. The molecule has 0 aromatic heterocycles. The number of likely N-dealkylation sites (N-methyl/N-ethyl adjacent to an activating group) is 1. The van der Waals surface area contributed by atoms with Crippen LogP contribution < -0.4 is 36.6 Å². The number of imide groups is 1. The number of anilines is 1. The maximum absolute atomic E-state index is 14.5. The normalized spacial score (nSPS) is 27.4. The summed E-state index contributed by atoms with van der Waals surface area (Å²) < 4.78 is 23.9. The molecule has 8 amide bonds. The molecule has 24 heteroatoms. The lowest BCUT2D eigenvalue weighted by atomic mass is 9.82. The van der Waals surface area contributed by atoms with Crippen molar-refractivity contribution in [3.63, 3.8) is 0 Å². The van der Waals surface area contributed by atoms with Crippen molar-refractivity contribution >= 4 is 82.5 Å². The number of nitrogens with two attached hydrogens (primary N) is 1. The summed E-state index contributed by atoms with van der Waals surface area (Å²) in [4.78, 5) is 124. The van der Waals surface area contributed by atoms with E-state index in [1.54, 1.807) is 52.0 Å². The first-order valence-corrected chi connectivity index (χ1v) is 28.8. The van der Waals surface area contributed by atoms with Crippen molar-refractivity contribution in [3.8, 4) is 5.75 Å². The summed E-state index contributed by atoms with van der Waals surface area (Å²) in [6.07, 6.45) is 4.87. The standard InChI is InChI=1S/C55H81ClN8O14S/c1-31-14-13-15-33(3)55(74)30-41(76-53(73)61-55)34(4)48-54(6,78-48)42(29-45(67)63(8)39-26-36(24-31)27-40(75-9)47(39)56)77-52(72)35(5)62(7)44(66)28-37(18-23-79-10)49(69)60-38(16-11-12-19-57)50(70)59-21-20-58-43(65)17-22-64-46(68)25-32(2)51(64)71/h13-15,26-27,32-35,37-38,41-42,48,74H,11-12,16-25,28-30,57H2,1-10H3,(H,58,65)(H,59,70)(H,60,69)(H,61,73)/b15-13+,31-14+/t32?,33?,34?,35-,37?,38?,41?,42?,48?,54?,55?/m0/s1. The van der Waals surface area contributed by atoms with Gasteiger partial charge in [0.05, 0.1) is 25.3 Å². The van der Waals surface area contributed by atoms with Crippen LogP contribution in [0, 0.1) is 23.7 Å². The van der Waals surface area contributed by atoms with E-state index in [2.05, 4.69) is 21.3 Å². The van der Waals surface area contributed by atoms with Crippen LogP contribution in [0.1, 0.15) is 105 Å². The van der Waals surface area contributed by atoms with E-state index in [0.717, 1.165) is 20.9 Å². The lowest BCUT2D eigenvalue weighted by Gasteiger charge is -2.41. The highest BCUT2D eigenvalue weighted by Crippen LogP contribution is 2.49. The Kier molecular flexibility index (Phi) is 23.2. The Hall–Kier alpha value is -5.75. The number of methoxy groups -OCH3 is 1. The van der Waals surface area contributed by atoms with E-state index in [9.17, 15) is 48.3 Å². The van der Waals surface area contributed by atoms with Crippen LogP contribution in [0.15, 0.2) is 35.9 Å². The minimum absolute atomic E-state index is 0.0136. The molecule has 79 heavy (non-hydrogen) atoms. The highest BCUT2D eigenvalue weighted by Gasteiger charge is 2.64. The number of alkyl carbamates (subject to hydrolysis) is 1. The SMILES string of the molecule is COc1cc2cc(c1Cl)N(C)C(=O)CC(OC(=O)[C@H](C)N(C)C(=O)CC(CCSC)C(=O)NC(CCCCN)C(=O)NCCNC(=O)CCN1C(=O)CC(C)C1=O)C1(C)OC1C(C)C1CC(O)(NC(=O)O1)C(C)/C=C/C=C(\C)C2. The number of allylic oxidation sites excluding steroid dienone is 3. The number of thioether (sulfide) groups is 1. The summed E-state index contributed by atoms with van der Waals surface area (Å²) in [5, 5.41) is 22.8. The second kappa shape index (κ2) is 28.6. The number of halogens is 1. The topological polar surface area (TPSA) is 298 Å². The maximum Gasteiger partial charge on any atom is 0.409 e. The van der Waals surface area contributed by atoms with Gasteiger partial charge in [0.15, 0.2) is 0 Å². The molecule has 4 aliphatic rings. The van der Waals surface area contributed by atoms with Crippen molar-refractivity contribution in [2.45, 2.75) is 147 Å². The van der Waals surface area contributed by atoms with E-state index in [-0.39, 0.29) is 75.0 Å². The number of carbonyl (C=O) groups excluding carboxylic acids is 9. The van der Waals surface area contributed by atoms with E-state index in [0.29, 0.717) is 43.0 Å². The number of nitrogens with one attached hydrogen (secondary N) is 4. The average molecular weight is 1150 g/mol. The van der Waals surface area contributed by atoms with Crippen molar-refractivity contribution in [1.82, 2.24) is 31.1 Å². The van der Waals surface area contributed by atoms with Crippen LogP contribution in [-0.2, 0) is 59.0 Å². The zero-order valence-electron chi connectivity index (χ0n) is 47.1. The molecule has 1 aromatic rings. The third kappa shape index (κ3) is 16.7. The van der Waals surface area contributed by atoms with Gasteiger partial charge in [-0.1, -0.05) is 56.2 Å². The fraction of sp³-hybridized carbons (Fsp3) is 0.655. The Morgan fingerprint density at radius 1 is 1.04 bits per heavy atom. The predicted molar refractivity (Wildman–Crippen MR) is 296 cm³/mol. The Balaban J connectivity index is 1.30. The van der Waals surface area contributed by atoms with Crippen LogP contribution >= 0.6 is 23.4 Å². The van der Waals surface area contributed by atoms with E-state index in [1.807, 2.05) is 19.3 Å². The number of rotatable bonds is 22. The minimum Gasteiger partial charge on any atom is -0.495 e. The molecule has 3 fully saturated rings. The molecule has 0 aliphatic carbocycles. The van der Waals surface area contributed by atoms with E-state index in [1.165, 1.54) is 44.8 Å². The van der Waals surface area contributed by atoms with Gasteiger partial charge in [0.2, 0.25) is 41.4 Å². The van der Waals surface area contributed by atoms with Crippen LogP contribution in [0.4, 0.5) is 10.5 Å². The molecule has 10 unspecified atom stereocenters. The van der Waals surface area contributed by atoms with Gasteiger partial charge >= 0.3 is 12.1 Å². The average Bonchev–Trinajstić information content (AvgIpc) is 4.25. The Morgan fingerprint density at radius 3 is 2.41 bits per heavy atom. The molecule has 7 N–H and O–H groups in total. The highest BCUT2D eigenvalue weighted by molar-refractivity contribution is 7.98. The minimum atomic E-state index is -1.70. The molecule has 4 aliphatic heterocycles. The first-order chi connectivity index (χ1) is 37.3. The van der Waals surface area contributed by atoms with Crippen molar-refractivity contribution in [3.05, 3.63) is 46.5 Å². The predicted octanol–water partition coefficient (Wildman–Crippen LogP) is 3.53. The molecule has 3 saturated heterocycles. The first-order valence-electron chi connectivity index (χ1n) is 27.0. The number of carbonyl (C=O) groups is 9. The van der Waals surface area contributed by atoms with Gasteiger partial charge in [-0.05, 0) is 89.1 Å². The molecular weight excluding hydrogens is 1060 g/mol. The molecule has 11 atom stereocenters. The van der Waals surface area contributed by atoms with Crippen LogP contribution in [0.5, 0.6) is 5.75 Å². The quantitative estimate of drug-likeness (QED) is 0.0419. The summed E-state index contributed by atoms with van der Waals surface area (Å²) in [7, 11) is 4.41. The molecule has 22 nitrogen and oxygen atoms in total. The summed E-state index contributed by atoms with van der Waals surface area (Å²) >= 11 is 8.30. The zero-order chi connectivity index (χ0) is 58.5. The van der Waals surface area contributed by atoms with Crippen molar-refractivity contribution in [2.75, 3.05) is 64.3 Å². The number of hydrogen-bond donors (Lipinski definition) is 6. The summed E-state index contributed by atoms with van der Waals surface area (Å²) in [6.45, 7) is 10.6. The molecule has 1 aromatic carbocycles. The van der Waals surface area contributed by atoms with Gasteiger partial charge in [-0.15, -0.1) is 0 Å². The van der Waals surface area contributed by atoms with Crippen molar-refractivity contribution in [2.24, 2.45) is 29.4 Å². The molecule has 5 rings (SSSR count). The van der Waals surface area contributed by atoms with Crippen molar-refractivity contribution < 1.29 is 67.2 Å². The number of likely N-dealkylation sites (tertiary alicyclic amines) is 1. The highest BCUT2D eigenvalue weighted by atomic mass is 35.5. The molecular formula is C55H81ClN8O14S. The van der Waals surface area contributed by atoms with Crippen LogP contribution in [0.3, 0.4) is 0 Å². The molecule has 0 radical (unpaired) electrons. The van der Waals surface area contributed by atoms with Crippen molar-refractivity contribution in [1.29, 1.82) is 0 Å². The van der Waals surface area contributed by atoms with Gasteiger partial charge < -0.3 is 55.5 Å². The number of amides is 8. The fourth-order valence-electron chi connectivity index (χ4n) is 10.0. The largest absolute Gasteiger partial charge is 0.495 e. The number of fused-ring (bicyclic) bond motifs is 5. The summed E-state index contributed by atoms with van der Waals surface area (Å²) in [5.41, 5.74) is 4.75. The number of aliphatic hydroxyl groups is 1. The fourth-order valence-corrected chi connectivity index (χ4v) is 10.8. The Labute approximate surface area is 472 Å². The third-order valence-electron chi connectivity index (χ3n) is 15.5. The molecule has 0 spiro atoms. The smallest absolute Gasteiger partial charge is 0.409 e. The van der Waals surface area contributed by atoms with E-state index in [4.69, 9.17) is 36.3 Å². The van der Waals surface area contributed by atoms with Crippen LogP contribution in [0.25, 0.3) is 0 Å². The number of hydrogen-bond acceptors (Lipinski definition) is 16. The Bertz CT molecular complexity index is 2500. The number of esters is 1. The van der Waals surface area contributed by atoms with Gasteiger partial charge in [0.25, 0.3) is 0 Å². The van der Waals surface area contributed by atoms with Gasteiger partial charge in [0.1, 0.15) is 46.4 Å². The molecule has 438 valence electrons. The Morgan fingerprint density at radius 2 is 1.75 bits per heavy atom. The molecule has 0 saturated carbocycles. The monoisotopic (exact) mass is 1140 g/mol. The van der Waals surface area contributed by atoms with E-state index >= 15 is 0 Å². The lowest BCUT2D eigenvalue weighted by molar-refractivity contribution is -0.162. The van der Waals surface area contributed by atoms with Gasteiger partial charge in [-0.2, -0.15) is 11.8 Å². The number of nitrogens with zero attached hydrogens (tertiary/aromatic N) is 3. The second-order valence-corrected chi connectivity index (χ2v) is 22.8. The third-order valence-corrected chi connectivity index (χ3v) is 16.5. The summed E-state index contributed by atoms with van der Waals surface area (Å²) in [5.74, 6) is -5.75. The van der Waals surface area contributed by atoms with E-state index < -0.39 is 113 Å². The zero-order valence-corrected chi connectivity index (χ0v) is 48.7.